The van der Waals surface area contributed by atoms with Crippen LogP contribution in [0.4, 0.5) is 5.69 Å². The molecule has 0 aliphatic carbocycles. The quantitative estimate of drug-likeness (QED) is 0.633. The van der Waals surface area contributed by atoms with E-state index in [4.69, 9.17) is 0 Å². The molecule has 1 saturated heterocycles. The monoisotopic (exact) mass is 450 g/mol. The van der Waals surface area contributed by atoms with Gasteiger partial charge in [-0.2, -0.15) is 20.7 Å². The predicted octanol–water partition coefficient (Wildman–Crippen LogP) is 2.02. The number of anilines is 1. The number of hydrogen-bond acceptors (Lipinski definition) is 8. The summed E-state index contributed by atoms with van der Waals surface area (Å²) in [5, 5.41) is 15.8. The molecule has 1 aliphatic heterocycles. The smallest absolute Gasteiger partial charge is 0.267 e. The molecule has 1 aliphatic rings. The van der Waals surface area contributed by atoms with Gasteiger partial charge in [0.05, 0.1) is 5.69 Å². The maximum absolute atomic E-state index is 13.0. The van der Waals surface area contributed by atoms with Crippen LogP contribution in [0.25, 0.3) is 5.69 Å². The number of amides is 1. The van der Waals surface area contributed by atoms with E-state index in [1.807, 2.05) is 6.07 Å². The first kappa shape index (κ1) is 20.0. The van der Waals surface area contributed by atoms with Gasteiger partial charge in [-0.1, -0.05) is 6.07 Å². The van der Waals surface area contributed by atoms with E-state index < -0.39 is 15.9 Å². The third-order valence-electron chi connectivity index (χ3n) is 4.40. The van der Waals surface area contributed by atoms with Crippen molar-refractivity contribution in [2.75, 3.05) is 29.9 Å². The first-order valence-electron chi connectivity index (χ1n) is 8.79. The Labute approximate surface area is 176 Å². The van der Waals surface area contributed by atoms with Crippen molar-refractivity contribution in [3.8, 4) is 5.69 Å². The molecule has 3 heterocycles. The van der Waals surface area contributed by atoms with Crippen LogP contribution in [-0.4, -0.2) is 63.4 Å². The molecule has 9 nitrogen and oxygen atoms in total. The fraction of sp³-hybridized carbons (Fsp3) is 0.294. The Morgan fingerprint density at radius 2 is 2.00 bits per heavy atom. The van der Waals surface area contributed by atoms with E-state index in [1.165, 1.54) is 10.4 Å². The standard InChI is InChI=1S/C17H18N6O3S3/c1-12-19-20-21-23(12)14-4-2-3-13(11-14)18-17(24)16-15(5-8-28-16)29(25,26)22-6-9-27-10-7-22/h2-5,8,11H,6-7,9-10H2,1H3,(H,18,24). The van der Waals surface area contributed by atoms with Crippen molar-refractivity contribution in [2.45, 2.75) is 11.8 Å². The minimum absolute atomic E-state index is 0.0550. The molecular weight excluding hydrogens is 432 g/mol. The molecule has 0 saturated carbocycles. The Morgan fingerprint density at radius 1 is 1.21 bits per heavy atom. The summed E-state index contributed by atoms with van der Waals surface area (Å²) in [5.41, 5.74) is 1.21. The summed E-state index contributed by atoms with van der Waals surface area (Å²) in [6.45, 7) is 2.68. The summed E-state index contributed by atoms with van der Waals surface area (Å²) < 4.78 is 29.0. The summed E-state index contributed by atoms with van der Waals surface area (Å²) >= 11 is 2.84. The lowest BCUT2D eigenvalue weighted by molar-refractivity contribution is 0.102. The van der Waals surface area contributed by atoms with E-state index in [2.05, 4.69) is 20.8 Å². The first-order valence-corrected chi connectivity index (χ1v) is 12.3. The van der Waals surface area contributed by atoms with Crippen molar-refractivity contribution < 1.29 is 13.2 Å². The molecule has 0 radical (unpaired) electrons. The SMILES string of the molecule is Cc1nnnn1-c1cccc(NC(=O)c2sccc2S(=O)(=O)N2CCSCC2)c1. The minimum atomic E-state index is -3.70. The third-order valence-corrected chi connectivity index (χ3v) is 8.32. The lowest BCUT2D eigenvalue weighted by atomic mass is 10.2. The molecule has 12 heteroatoms. The Bertz CT molecular complexity index is 1130. The average molecular weight is 451 g/mol. The van der Waals surface area contributed by atoms with Crippen molar-refractivity contribution in [1.82, 2.24) is 24.5 Å². The van der Waals surface area contributed by atoms with Gasteiger partial charge in [-0.3, -0.25) is 4.79 Å². The molecule has 29 heavy (non-hydrogen) atoms. The van der Waals surface area contributed by atoms with Crippen molar-refractivity contribution in [3.05, 3.63) is 46.4 Å². The van der Waals surface area contributed by atoms with Crippen LogP contribution in [0.5, 0.6) is 0 Å². The highest BCUT2D eigenvalue weighted by molar-refractivity contribution is 7.99. The number of nitrogens with zero attached hydrogens (tertiary/aromatic N) is 5. The molecule has 1 amide bonds. The second-order valence-electron chi connectivity index (χ2n) is 6.27. The van der Waals surface area contributed by atoms with Gasteiger partial charge < -0.3 is 5.32 Å². The lowest BCUT2D eigenvalue weighted by Gasteiger charge is -2.25. The highest BCUT2D eigenvalue weighted by Gasteiger charge is 2.31. The summed E-state index contributed by atoms with van der Waals surface area (Å²) in [5.74, 6) is 1.66. The third kappa shape index (κ3) is 4.06. The van der Waals surface area contributed by atoms with E-state index in [0.29, 0.717) is 30.3 Å². The average Bonchev–Trinajstić information content (AvgIpc) is 3.38. The highest BCUT2D eigenvalue weighted by Crippen LogP contribution is 2.28. The molecule has 0 spiro atoms. The van der Waals surface area contributed by atoms with Crippen LogP contribution in [-0.2, 0) is 10.0 Å². The number of aromatic nitrogens is 4. The Hall–Kier alpha value is -2.28. The molecule has 0 unspecified atom stereocenters. The van der Waals surface area contributed by atoms with Crippen molar-refractivity contribution in [1.29, 1.82) is 0 Å². The molecular formula is C17H18N6O3S3. The number of thiophene rings is 1. The number of carbonyl (C=O) groups is 1. The van der Waals surface area contributed by atoms with E-state index in [1.54, 1.807) is 46.9 Å². The Kier molecular flexibility index (Phi) is 5.67. The van der Waals surface area contributed by atoms with E-state index >= 15 is 0 Å². The molecule has 1 aromatic carbocycles. The number of tetrazole rings is 1. The molecule has 4 rings (SSSR count). The van der Waals surface area contributed by atoms with Gasteiger partial charge >= 0.3 is 0 Å². The van der Waals surface area contributed by atoms with Gasteiger partial charge in [0, 0.05) is 30.3 Å². The molecule has 1 fully saturated rings. The zero-order valence-electron chi connectivity index (χ0n) is 15.5. The van der Waals surface area contributed by atoms with E-state index in [9.17, 15) is 13.2 Å². The van der Waals surface area contributed by atoms with Gasteiger partial charge in [0.25, 0.3) is 5.91 Å². The fourth-order valence-corrected chi connectivity index (χ4v) is 6.84. The van der Waals surface area contributed by atoms with Gasteiger partial charge in [0.1, 0.15) is 9.77 Å². The second kappa shape index (κ2) is 8.22. The van der Waals surface area contributed by atoms with Gasteiger partial charge in [0.15, 0.2) is 5.82 Å². The number of nitrogens with one attached hydrogen (secondary N) is 1. The van der Waals surface area contributed by atoms with Gasteiger partial charge in [-0.15, -0.1) is 16.4 Å². The summed E-state index contributed by atoms with van der Waals surface area (Å²) in [6.07, 6.45) is 0. The van der Waals surface area contributed by atoms with Gasteiger partial charge in [-0.25, -0.2) is 8.42 Å². The van der Waals surface area contributed by atoms with Crippen LogP contribution in [0.2, 0.25) is 0 Å². The maximum Gasteiger partial charge on any atom is 0.267 e. The fourth-order valence-electron chi connectivity index (χ4n) is 2.97. The summed E-state index contributed by atoms with van der Waals surface area (Å²) in [4.78, 5) is 13.1. The van der Waals surface area contributed by atoms with Crippen molar-refractivity contribution >= 4 is 44.7 Å². The van der Waals surface area contributed by atoms with Crippen LogP contribution in [0, 0.1) is 6.92 Å². The van der Waals surface area contributed by atoms with Crippen molar-refractivity contribution in [3.63, 3.8) is 0 Å². The summed E-state index contributed by atoms with van der Waals surface area (Å²) in [7, 11) is -3.70. The number of sulfonamides is 1. The number of hydrogen-bond donors (Lipinski definition) is 1. The first-order chi connectivity index (χ1) is 14.0. The molecule has 3 aromatic rings. The van der Waals surface area contributed by atoms with E-state index in [-0.39, 0.29) is 9.77 Å². The van der Waals surface area contributed by atoms with Gasteiger partial charge in [0.2, 0.25) is 10.0 Å². The van der Waals surface area contributed by atoms with Crippen LogP contribution in [0.1, 0.15) is 15.5 Å². The van der Waals surface area contributed by atoms with E-state index in [0.717, 1.165) is 22.8 Å². The molecule has 0 bridgehead atoms. The number of thioether (sulfide) groups is 1. The predicted molar refractivity (Wildman–Crippen MR) is 112 cm³/mol. The van der Waals surface area contributed by atoms with Gasteiger partial charge in [-0.05, 0) is 47.0 Å². The largest absolute Gasteiger partial charge is 0.321 e. The zero-order valence-corrected chi connectivity index (χ0v) is 17.9. The zero-order chi connectivity index (χ0) is 20.4. The number of carbonyl (C=O) groups excluding carboxylic acids is 1. The Morgan fingerprint density at radius 3 is 2.72 bits per heavy atom. The minimum Gasteiger partial charge on any atom is -0.321 e. The van der Waals surface area contributed by atoms with Crippen LogP contribution in [0.3, 0.4) is 0 Å². The molecule has 0 atom stereocenters. The topological polar surface area (TPSA) is 110 Å². The highest BCUT2D eigenvalue weighted by atomic mass is 32.2. The van der Waals surface area contributed by atoms with Crippen LogP contribution in [0.15, 0.2) is 40.6 Å². The second-order valence-corrected chi connectivity index (χ2v) is 10.3. The normalized spacial score (nSPS) is 15.3. The maximum atomic E-state index is 13.0. The van der Waals surface area contributed by atoms with Crippen molar-refractivity contribution in [2.24, 2.45) is 0 Å². The molecule has 1 N–H and O–H groups in total. The number of rotatable bonds is 5. The summed E-state index contributed by atoms with van der Waals surface area (Å²) in [6, 6.07) is 8.53. The number of aryl methyl sites for hydroxylation is 1. The van der Waals surface area contributed by atoms with Crippen LogP contribution < -0.4 is 5.32 Å². The molecule has 152 valence electrons. The van der Waals surface area contributed by atoms with Crippen LogP contribution >= 0.6 is 23.1 Å². The molecule has 2 aromatic heterocycles. The number of benzene rings is 1. The lowest BCUT2D eigenvalue weighted by Crippen LogP contribution is -2.38. The Balaban J connectivity index is 1.58.